The fraction of sp³-hybridized carbons (Fsp3) is 0. The molecule has 4 nitrogen and oxygen atoms in total. The highest BCUT2D eigenvalue weighted by Gasteiger charge is 2.18. The van der Waals surface area contributed by atoms with Crippen LogP contribution in [0.1, 0.15) is 0 Å². The van der Waals surface area contributed by atoms with Crippen LogP contribution in [-0.2, 0) is 0 Å². The summed E-state index contributed by atoms with van der Waals surface area (Å²) >= 11 is 6.52. The lowest BCUT2D eigenvalue weighted by Crippen LogP contribution is -2.00. The van der Waals surface area contributed by atoms with Crippen LogP contribution in [-0.4, -0.2) is 15.0 Å². The molecule has 170 valence electrons. The van der Waals surface area contributed by atoms with E-state index >= 15 is 0 Å². The minimum absolute atomic E-state index is 0.593. The van der Waals surface area contributed by atoms with Gasteiger partial charge < -0.3 is 4.42 Å². The first-order valence-electron chi connectivity index (χ1n) is 11.7. The molecule has 2 heterocycles. The summed E-state index contributed by atoms with van der Waals surface area (Å²) in [6.07, 6.45) is 0. The molecule has 5 aromatic carbocycles. The second kappa shape index (κ2) is 8.29. The Kier molecular flexibility index (Phi) is 4.79. The fourth-order valence-electron chi connectivity index (χ4n) is 4.76. The van der Waals surface area contributed by atoms with Gasteiger partial charge in [-0.3, -0.25) is 0 Å². The number of aromatic nitrogens is 3. The average Bonchev–Trinajstić information content (AvgIpc) is 3.32. The molecule has 0 unspecified atom stereocenters. The van der Waals surface area contributed by atoms with Gasteiger partial charge in [0.25, 0.3) is 0 Å². The maximum Gasteiger partial charge on any atom is 0.164 e. The Balaban J connectivity index is 1.55. The molecule has 0 atom stereocenters. The summed E-state index contributed by atoms with van der Waals surface area (Å²) in [4.78, 5) is 14.9. The number of para-hydroxylation sites is 1. The van der Waals surface area contributed by atoms with Gasteiger partial charge in [-0.2, -0.15) is 0 Å². The fourth-order valence-corrected chi connectivity index (χ4v) is 5.00. The van der Waals surface area contributed by atoms with Gasteiger partial charge in [-0.05, 0) is 23.6 Å². The lowest BCUT2D eigenvalue weighted by Gasteiger charge is -2.11. The molecule has 7 aromatic rings. The summed E-state index contributed by atoms with van der Waals surface area (Å²) in [6.45, 7) is 0. The largest absolute Gasteiger partial charge is 0.456 e. The molecule has 0 bridgehead atoms. The number of benzene rings is 5. The molecule has 0 aliphatic carbocycles. The molecule has 0 fully saturated rings. The van der Waals surface area contributed by atoms with Crippen LogP contribution in [0.25, 0.3) is 66.9 Å². The number of hydrogen-bond acceptors (Lipinski definition) is 4. The Morgan fingerprint density at radius 1 is 0.472 bits per heavy atom. The minimum atomic E-state index is 0.593. The van der Waals surface area contributed by atoms with E-state index in [4.69, 9.17) is 31.0 Å². The van der Waals surface area contributed by atoms with Gasteiger partial charge in [-0.15, -0.1) is 0 Å². The van der Waals surface area contributed by atoms with Crippen LogP contribution in [0.5, 0.6) is 0 Å². The highest BCUT2D eigenvalue weighted by molar-refractivity contribution is 6.35. The predicted molar refractivity (Wildman–Crippen MR) is 146 cm³/mol. The molecule has 0 spiro atoms. The molecule has 36 heavy (non-hydrogen) atoms. The van der Waals surface area contributed by atoms with E-state index in [0.717, 1.165) is 49.4 Å². The molecule has 2 aromatic heterocycles. The molecule has 5 heteroatoms. The number of halogens is 1. The third-order valence-electron chi connectivity index (χ3n) is 6.42. The molecular formula is C31H18ClN3O. The first kappa shape index (κ1) is 20.8. The van der Waals surface area contributed by atoms with Gasteiger partial charge >= 0.3 is 0 Å². The topological polar surface area (TPSA) is 51.8 Å². The molecule has 0 aliphatic rings. The monoisotopic (exact) mass is 483 g/mol. The summed E-state index contributed by atoms with van der Waals surface area (Å²) in [7, 11) is 0. The molecule has 0 saturated heterocycles. The van der Waals surface area contributed by atoms with Gasteiger partial charge in [-0.1, -0.05) is 103 Å². The summed E-state index contributed by atoms with van der Waals surface area (Å²) < 4.78 is 6.13. The zero-order chi connectivity index (χ0) is 24.1. The zero-order valence-corrected chi connectivity index (χ0v) is 19.8. The molecule has 7 rings (SSSR count). The van der Waals surface area contributed by atoms with Crippen LogP contribution in [0.15, 0.2) is 114 Å². The van der Waals surface area contributed by atoms with Crippen LogP contribution in [0.2, 0.25) is 5.02 Å². The second-order valence-electron chi connectivity index (χ2n) is 8.59. The van der Waals surface area contributed by atoms with E-state index < -0.39 is 0 Å². The van der Waals surface area contributed by atoms with Crippen LogP contribution in [0, 0.1) is 0 Å². The van der Waals surface area contributed by atoms with Crippen molar-refractivity contribution in [2.75, 3.05) is 0 Å². The van der Waals surface area contributed by atoms with Crippen molar-refractivity contribution in [2.24, 2.45) is 0 Å². The Labute approximate surface area is 211 Å². The molecule has 0 N–H and O–H groups in total. The van der Waals surface area contributed by atoms with Crippen molar-refractivity contribution in [1.29, 1.82) is 0 Å². The summed E-state index contributed by atoms with van der Waals surface area (Å²) in [5, 5.41) is 4.67. The number of furan rings is 1. The van der Waals surface area contributed by atoms with Crippen LogP contribution in [0.4, 0.5) is 0 Å². The van der Waals surface area contributed by atoms with Crippen molar-refractivity contribution in [3.8, 4) is 34.2 Å². The Hall–Kier alpha value is -4.54. The van der Waals surface area contributed by atoms with Gasteiger partial charge in [0.2, 0.25) is 0 Å². The molecule has 0 aliphatic heterocycles. The van der Waals surface area contributed by atoms with E-state index in [0.29, 0.717) is 22.5 Å². The van der Waals surface area contributed by atoms with E-state index in [1.165, 1.54) is 0 Å². The van der Waals surface area contributed by atoms with Gasteiger partial charge in [0.1, 0.15) is 11.2 Å². The summed E-state index contributed by atoms with van der Waals surface area (Å²) in [5.74, 6) is 1.80. The van der Waals surface area contributed by atoms with Crippen LogP contribution >= 0.6 is 11.6 Å². The van der Waals surface area contributed by atoms with E-state index in [1.54, 1.807) is 0 Å². The van der Waals surface area contributed by atoms with Crippen molar-refractivity contribution >= 4 is 44.3 Å². The summed E-state index contributed by atoms with van der Waals surface area (Å²) in [5.41, 5.74) is 4.36. The molecular weight excluding hydrogens is 466 g/mol. The zero-order valence-electron chi connectivity index (χ0n) is 19.0. The smallest absolute Gasteiger partial charge is 0.164 e. The average molecular weight is 484 g/mol. The highest BCUT2D eigenvalue weighted by Crippen LogP contribution is 2.37. The SMILES string of the molecule is Clc1cccc2c(-c3nc(-c4ccccc4)nc(-c4cccc5oc6ccccc6c45)n3)cccc12. The molecule has 0 radical (unpaired) electrons. The Morgan fingerprint density at radius 3 is 1.97 bits per heavy atom. The van der Waals surface area contributed by atoms with Crippen molar-refractivity contribution in [1.82, 2.24) is 15.0 Å². The normalized spacial score (nSPS) is 11.5. The Bertz CT molecular complexity index is 1910. The van der Waals surface area contributed by atoms with E-state index in [9.17, 15) is 0 Å². The lowest BCUT2D eigenvalue weighted by atomic mass is 10.0. The number of fused-ring (bicyclic) bond motifs is 4. The van der Waals surface area contributed by atoms with Crippen molar-refractivity contribution in [3.63, 3.8) is 0 Å². The lowest BCUT2D eigenvalue weighted by molar-refractivity contribution is 0.669. The highest BCUT2D eigenvalue weighted by atomic mass is 35.5. The van der Waals surface area contributed by atoms with E-state index in [-0.39, 0.29) is 0 Å². The maximum atomic E-state index is 6.52. The first-order valence-corrected chi connectivity index (χ1v) is 12.0. The Morgan fingerprint density at radius 2 is 1.08 bits per heavy atom. The third-order valence-corrected chi connectivity index (χ3v) is 6.75. The number of hydrogen-bond donors (Lipinski definition) is 0. The summed E-state index contributed by atoms with van der Waals surface area (Å²) in [6, 6.07) is 35.9. The van der Waals surface area contributed by atoms with Crippen LogP contribution in [0.3, 0.4) is 0 Å². The van der Waals surface area contributed by atoms with E-state index in [2.05, 4.69) is 6.07 Å². The minimum Gasteiger partial charge on any atom is -0.456 e. The van der Waals surface area contributed by atoms with Crippen molar-refractivity contribution < 1.29 is 4.42 Å². The van der Waals surface area contributed by atoms with Crippen LogP contribution < -0.4 is 0 Å². The maximum absolute atomic E-state index is 6.52. The molecule has 0 amide bonds. The standard InChI is InChI=1S/C31H18ClN3O/c32-25-16-7-12-20-21(25)13-6-14-22(20)30-33-29(19-9-2-1-3-10-19)34-31(35-30)24-15-8-18-27-28(24)23-11-4-5-17-26(23)36-27/h1-18H. The number of rotatable bonds is 3. The first-order chi connectivity index (χ1) is 17.8. The van der Waals surface area contributed by atoms with Gasteiger partial charge in [0.15, 0.2) is 17.5 Å². The van der Waals surface area contributed by atoms with E-state index in [1.807, 2.05) is 103 Å². The van der Waals surface area contributed by atoms with Gasteiger partial charge in [0.05, 0.1) is 0 Å². The second-order valence-corrected chi connectivity index (χ2v) is 9.00. The van der Waals surface area contributed by atoms with Gasteiger partial charge in [-0.25, -0.2) is 15.0 Å². The van der Waals surface area contributed by atoms with Crippen molar-refractivity contribution in [2.45, 2.75) is 0 Å². The third kappa shape index (κ3) is 3.35. The van der Waals surface area contributed by atoms with Crippen molar-refractivity contribution in [3.05, 3.63) is 114 Å². The van der Waals surface area contributed by atoms with Gasteiger partial charge in [0, 0.05) is 37.9 Å². The predicted octanol–water partition coefficient (Wildman–Crippen LogP) is 8.58. The molecule has 0 saturated carbocycles. The quantitative estimate of drug-likeness (QED) is 0.252. The number of nitrogens with zero attached hydrogens (tertiary/aromatic N) is 3.